The van der Waals surface area contributed by atoms with Crippen molar-refractivity contribution in [1.82, 2.24) is 14.8 Å². The van der Waals surface area contributed by atoms with Gasteiger partial charge in [0.15, 0.2) is 0 Å². The predicted octanol–water partition coefficient (Wildman–Crippen LogP) is 2.78. The SMILES string of the molecule is COc1ccc(CC(=O)N2CCC(CC(=O)O)C(CCN3CCN(c4ccccn4)CC3)C2)cc1. The summed E-state index contributed by atoms with van der Waals surface area (Å²) in [6.07, 6.45) is 4.02. The smallest absolute Gasteiger partial charge is 0.303 e. The second-order valence-corrected chi connectivity index (χ2v) is 9.58. The van der Waals surface area contributed by atoms with Crippen LogP contribution in [0.2, 0.25) is 0 Å². The Hall–Kier alpha value is -3.13. The first-order chi connectivity index (χ1) is 17.0. The molecule has 2 atom stereocenters. The van der Waals surface area contributed by atoms with Gasteiger partial charge in [0, 0.05) is 51.9 Å². The van der Waals surface area contributed by atoms with E-state index in [2.05, 4.69) is 14.8 Å². The van der Waals surface area contributed by atoms with Crippen LogP contribution in [0.3, 0.4) is 0 Å². The molecule has 3 heterocycles. The number of hydrogen-bond donors (Lipinski definition) is 1. The van der Waals surface area contributed by atoms with E-state index in [4.69, 9.17) is 4.74 Å². The van der Waals surface area contributed by atoms with Crippen LogP contribution >= 0.6 is 0 Å². The van der Waals surface area contributed by atoms with E-state index in [0.29, 0.717) is 19.5 Å². The zero-order valence-electron chi connectivity index (χ0n) is 20.5. The van der Waals surface area contributed by atoms with Gasteiger partial charge in [-0.2, -0.15) is 0 Å². The molecule has 0 radical (unpaired) electrons. The van der Waals surface area contributed by atoms with Crippen LogP contribution < -0.4 is 9.64 Å². The lowest BCUT2D eigenvalue weighted by atomic mass is 9.81. The highest BCUT2D eigenvalue weighted by molar-refractivity contribution is 5.79. The molecule has 8 nitrogen and oxygen atoms in total. The van der Waals surface area contributed by atoms with Gasteiger partial charge in [0.2, 0.25) is 5.91 Å². The van der Waals surface area contributed by atoms with Crippen LogP contribution in [0.5, 0.6) is 5.75 Å². The average Bonchev–Trinajstić information content (AvgIpc) is 2.89. The maximum atomic E-state index is 13.0. The molecular weight excluding hydrogens is 444 g/mol. The maximum absolute atomic E-state index is 13.0. The lowest BCUT2D eigenvalue weighted by Crippen LogP contribution is -2.49. The van der Waals surface area contributed by atoms with Crippen molar-refractivity contribution in [2.75, 3.05) is 57.8 Å². The van der Waals surface area contributed by atoms with Crippen molar-refractivity contribution in [2.24, 2.45) is 11.8 Å². The van der Waals surface area contributed by atoms with Gasteiger partial charge in [-0.3, -0.25) is 14.5 Å². The van der Waals surface area contributed by atoms with Crippen molar-refractivity contribution in [3.8, 4) is 5.75 Å². The Kier molecular flexibility index (Phi) is 8.58. The van der Waals surface area contributed by atoms with Gasteiger partial charge in [-0.25, -0.2) is 4.98 Å². The number of carboxylic acid groups (broad SMARTS) is 1. The zero-order chi connectivity index (χ0) is 24.6. The summed E-state index contributed by atoms with van der Waals surface area (Å²) >= 11 is 0. The summed E-state index contributed by atoms with van der Waals surface area (Å²) in [5.41, 5.74) is 0.964. The van der Waals surface area contributed by atoms with Crippen molar-refractivity contribution in [3.63, 3.8) is 0 Å². The number of hydrogen-bond acceptors (Lipinski definition) is 6. The number of carbonyl (C=O) groups excluding carboxylic acids is 1. The van der Waals surface area contributed by atoms with Gasteiger partial charge in [-0.05, 0) is 61.1 Å². The molecule has 2 aliphatic rings. The number of piperazine rings is 1. The lowest BCUT2D eigenvalue weighted by molar-refractivity contribution is -0.139. The van der Waals surface area contributed by atoms with Gasteiger partial charge < -0.3 is 19.6 Å². The molecule has 2 aliphatic heterocycles. The van der Waals surface area contributed by atoms with Gasteiger partial charge >= 0.3 is 5.97 Å². The number of carbonyl (C=O) groups is 2. The highest BCUT2D eigenvalue weighted by Gasteiger charge is 2.33. The van der Waals surface area contributed by atoms with Crippen LogP contribution in [0, 0.1) is 11.8 Å². The van der Waals surface area contributed by atoms with Crippen molar-refractivity contribution < 1.29 is 19.4 Å². The van der Waals surface area contributed by atoms with Gasteiger partial charge in [-0.15, -0.1) is 0 Å². The molecule has 0 spiro atoms. The van der Waals surface area contributed by atoms with E-state index in [1.54, 1.807) is 7.11 Å². The van der Waals surface area contributed by atoms with Crippen molar-refractivity contribution in [2.45, 2.75) is 25.7 Å². The Morgan fingerprint density at radius 1 is 1.03 bits per heavy atom. The molecule has 4 rings (SSSR count). The summed E-state index contributed by atoms with van der Waals surface area (Å²) in [7, 11) is 1.63. The third-order valence-electron chi connectivity index (χ3n) is 7.36. The van der Waals surface area contributed by atoms with Crippen LogP contribution in [0.25, 0.3) is 0 Å². The summed E-state index contributed by atoms with van der Waals surface area (Å²) in [6, 6.07) is 13.6. The van der Waals surface area contributed by atoms with Crippen molar-refractivity contribution in [3.05, 3.63) is 54.2 Å². The minimum atomic E-state index is -0.748. The van der Waals surface area contributed by atoms with Gasteiger partial charge in [0.05, 0.1) is 13.5 Å². The van der Waals surface area contributed by atoms with E-state index in [1.807, 2.05) is 53.6 Å². The topological polar surface area (TPSA) is 86.2 Å². The summed E-state index contributed by atoms with van der Waals surface area (Å²) < 4.78 is 5.20. The number of carboxylic acids is 1. The molecule has 188 valence electrons. The molecule has 1 aromatic carbocycles. The number of pyridine rings is 1. The maximum Gasteiger partial charge on any atom is 0.303 e. The van der Waals surface area contributed by atoms with Crippen LogP contribution in [0.15, 0.2) is 48.7 Å². The van der Waals surface area contributed by atoms with Gasteiger partial charge in [0.25, 0.3) is 0 Å². The number of aliphatic carboxylic acids is 1. The molecule has 0 bridgehead atoms. The van der Waals surface area contributed by atoms with E-state index in [-0.39, 0.29) is 24.2 Å². The second-order valence-electron chi connectivity index (χ2n) is 9.58. The molecule has 8 heteroatoms. The van der Waals surface area contributed by atoms with E-state index >= 15 is 0 Å². The first-order valence-electron chi connectivity index (χ1n) is 12.5. The Balaban J connectivity index is 1.30. The first kappa shape index (κ1) is 25.0. The van der Waals surface area contributed by atoms with E-state index in [9.17, 15) is 14.7 Å². The predicted molar refractivity (Wildman–Crippen MR) is 135 cm³/mol. The fourth-order valence-electron chi connectivity index (χ4n) is 5.25. The number of benzene rings is 1. The Labute approximate surface area is 207 Å². The molecule has 0 saturated carbocycles. The molecule has 2 unspecified atom stereocenters. The lowest BCUT2D eigenvalue weighted by Gasteiger charge is -2.40. The first-order valence-corrected chi connectivity index (χ1v) is 12.5. The van der Waals surface area contributed by atoms with Crippen LogP contribution in [0.4, 0.5) is 5.82 Å². The Bertz CT molecular complexity index is 961. The van der Waals surface area contributed by atoms with E-state index < -0.39 is 5.97 Å². The summed E-state index contributed by atoms with van der Waals surface area (Å²) in [6.45, 7) is 6.00. The third-order valence-corrected chi connectivity index (χ3v) is 7.36. The number of anilines is 1. The van der Waals surface area contributed by atoms with Crippen molar-refractivity contribution in [1.29, 1.82) is 0 Å². The molecule has 1 N–H and O–H groups in total. The van der Waals surface area contributed by atoms with Crippen LogP contribution in [0.1, 0.15) is 24.8 Å². The fourth-order valence-corrected chi connectivity index (χ4v) is 5.25. The molecule has 1 aromatic heterocycles. The number of nitrogens with zero attached hydrogens (tertiary/aromatic N) is 4. The quantitative estimate of drug-likeness (QED) is 0.591. The van der Waals surface area contributed by atoms with Gasteiger partial charge in [-0.1, -0.05) is 18.2 Å². The average molecular weight is 481 g/mol. The minimum absolute atomic E-state index is 0.109. The Morgan fingerprint density at radius 3 is 2.46 bits per heavy atom. The molecule has 35 heavy (non-hydrogen) atoms. The number of amides is 1. The minimum Gasteiger partial charge on any atom is -0.497 e. The number of likely N-dealkylation sites (tertiary alicyclic amines) is 1. The monoisotopic (exact) mass is 480 g/mol. The summed E-state index contributed by atoms with van der Waals surface area (Å²) in [5.74, 6) is 1.48. The highest BCUT2D eigenvalue weighted by Crippen LogP contribution is 2.30. The number of aromatic nitrogens is 1. The fraction of sp³-hybridized carbons (Fsp3) is 0.519. The molecular formula is C27H36N4O4. The van der Waals surface area contributed by atoms with E-state index in [0.717, 1.165) is 62.7 Å². The highest BCUT2D eigenvalue weighted by atomic mass is 16.5. The van der Waals surface area contributed by atoms with Crippen molar-refractivity contribution >= 4 is 17.7 Å². The van der Waals surface area contributed by atoms with Crippen LogP contribution in [-0.2, 0) is 16.0 Å². The molecule has 2 saturated heterocycles. The second kappa shape index (κ2) is 12.0. The molecule has 1 amide bonds. The third kappa shape index (κ3) is 6.94. The molecule has 2 fully saturated rings. The summed E-state index contributed by atoms with van der Waals surface area (Å²) in [5, 5.41) is 9.44. The zero-order valence-corrected chi connectivity index (χ0v) is 20.5. The van der Waals surface area contributed by atoms with Crippen LogP contribution in [-0.4, -0.2) is 84.7 Å². The molecule has 2 aromatic rings. The number of ether oxygens (including phenoxy) is 1. The Morgan fingerprint density at radius 2 is 1.80 bits per heavy atom. The summed E-state index contributed by atoms with van der Waals surface area (Å²) in [4.78, 5) is 35.7. The normalized spacial score (nSPS) is 21.1. The van der Waals surface area contributed by atoms with E-state index in [1.165, 1.54) is 0 Å². The number of piperidine rings is 1. The number of methoxy groups -OCH3 is 1. The standard InChI is InChI=1S/C27H36N4O4/c1-35-24-7-5-21(6-8-24)18-26(32)31-13-10-22(19-27(33)34)23(20-31)9-12-29-14-16-30(17-15-29)25-4-2-3-11-28-25/h2-8,11,22-23H,9-10,12-20H2,1H3,(H,33,34). The van der Waals surface area contributed by atoms with Gasteiger partial charge in [0.1, 0.15) is 11.6 Å². The molecule has 0 aliphatic carbocycles. The number of rotatable bonds is 9. The largest absolute Gasteiger partial charge is 0.497 e.